The molecule has 0 radical (unpaired) electrons. The van der Waals surface area contributed by atoms with E-state index < -0.39 is 20.2 Å². The standard InChI is InChI=1S/C29H39FN6O4Si/c1-18(27(37)19-8-10-39-11-9-19)32-29(38)22-16-36(17-40-12-13-41(3,4)5)28-26(22)33-23(15-31-28)25-21-7-6-20(30)14-24(21)35(2)34-25/h6-7,14-16,18-19,27,37H,8-13,17H2,1-5H3,(H,32,38). The Morgan fingerprint density at radius 2 is 2.05 bits per heavy atom. The average Bonchev–Trinajstić information content (AvgIpc) is 3.47. The quantitative estimate of drug-likeness (QED) is 0.211. The van der Waals surface area contributed by atoms with Gasteiger partial charge in [0.2, 0.25) is 0 Å². The summed E-state index contributed by atoms with van der Waals surface area (Å²) in [7, 11) is 0.481. The number of hydrogen-bond acceptors (Lipinski definition) is 7. The summed E-state index contributed by atoms with van der Waals surface area (Å²) in [5.74, 6) is -0.640. The lowest BCUT2D eigenvalue weighted by Crippen LogP contribution is -2.45. The molecule has 41 heavy (non-hydrogen) atoms. The number of carbonyl (C=O) groups is 1. The largest absolute Gasteiger partial charge is 0.391 e. The van der Waals surface area contributed by atoms with Crippen LogP contribution < -0.4 is 5.32 Å². The van der Waals surface area contributed by atoms with Crippen LogP contribution in [0.5, 0.6) is 0 Å². The number of halogens is 1. The molecule has 0 bridgehead atoms. The molecule has 2 N–H and O–H groups in total. The second-order valence-electron chi connectivity index (χ2n) is 12.1. The zero-order valence-electron chi connectivity index (χ0n) is 24.4. The summed E-state index contributed by atoms with van der Waals surface area (Å²) in [4.78, 5) is 23.1. The minimum atomic E-state index is -1.26. The summed E-state index contributed by atoms with van der Waals surface area (Å²) in [5.41, 5.74) is 2.89. The molecular weight excluding hydrogens is 543 g/mol. The second-order valence-corrected chi connectivity index (χ2v) is 17.7. The first-order valence-corrected chi connectivity index (χ1v) is 17.9. The van der Waals surface area contributed by atoms with Crippen LogP contribution in [-0.2, 0) is 23.3 Å². The van der Waals surface area contributed by atoms with Gasteiger partial charge in [0.25, 0.3) is 5.91 Å². The number of aliphatic hydroxyl groups is 1. The summed E-state index contributed by atoms with van der Waals surface area (Å²) in [6.07, 6.45) is 4.14. The van der Waals surface area contributed by atoms with E-state index in [4.69, 9.17) is 14.5 Å². The normalized spacial score (nSPS) is 16.4. The summed E-state index contributed by atoms with van der Waals surface area (Å²) in [5, 5.41) is 19.2. The number of hydrogen-bond donors (Lipinski definition) is 2. The Balaban J connectivity index is 1.47. The van der Waals surface area contributed by atoms with Gasteiger partial charge in [0.05, 0.1) is 29.4 Å². The van der Waals surface area contributed by atoms with Crippen molar-refractivity contribution < 1.29 is 23.8 Å². The summed E-state index contributed by atoms with van der Waals surface area (Å²) in [6.45, 7) is 10.8. The van der Waals surface area contributed by atoms with Crippen molar-refractivity contribution >= 4 is 36.0 Å². The van der Waals surface area contributed by atoms with Crippen molar-refractivity contribution in [2.24, 2.45) is 13.0 Å². The molecule has 12 heteroatoms. The van der Waals surface area contributed by atoms with E-state index in [0.29, 0.717) is 53.5 Å². The molecule has 4 aromatic rings. The number of aliphatic hydroxyl groups excluding tert-OH is 1. The van der Waals surface area contributed by atoms with Crippen LogP contribution in [0.2, 0.25) is 25.7 Å². The molecule has 3 aromatic heterocycles. The molecular formula is C29H39FN6O4Si. The summed E-state index contributed by atoms with van der Waals surface area (Å²) < 4.78 is 28.7. The topological polar surface area (TPSA) is 116 Å². The molecule has 2 atom stereocenters. The van der Waals surface area contributed by atoms with Gasteiger partial charge in [-0.25, -0.2) is 14.4 Å². The Kier molecular flexibility index (Phi) is 8.55. The number of nitrogens with one attached hydrogen (secondary N) is 1. The fourth-order valence-corrected chi connectivity index (χ4v) is 5.98. The highest BCUT2D eigenvalue weighted by molar-refractivity contribution is 6.76. The highest BCUT2D eigenvalue weighted by atomic mass is 28.3. The summed E-state index contributed by atoms with van der Waals surface area (Å²) in [6, 6.07) is 5.03. The van der Waals surface area contributed by atoms with Gasteiger partial charge in [-0.3, -0.25) is 9.48 Å². The number of ether oxygens (including phenoxy) is 2. The molecule has 1 saturated heterocycles. The number of carbonyl (C=O) groups excluding carboxylic acids is 1. The smallest absolute Gasteiger partial charge is 0.255 e. The molecule has 10 nitrogen and oxygen atoms in total. The molecule has 1 fully saturated rings. The van der Waals surface area contributed by atoms with Crippen LogP contribution in [0.3, 0.4) is 0 Å². The zero-order chi connectivity index (χ0) is 29.3. The predicted octanol–water partition coefficient (Wildman–Crippen LogP) is 4.34. The minimum absolute atomic E-state index is 0.0637. The Morgan fingerprint density at radius 1 is 1.29 bits per heavy atom. The van der Waals surface area contributed by atoms with Gasteiger partial charge in [-0.15, -0.1) is 0 Å². The molecule has 1 amide bonds. The van der Waals surface area contributed by atoms with Crippen molar-refractivity contribution in [2.45, 2.75) is 64.3 Å². The maximum atomic E-state index is 13.9. The number of aryl methyl sites for hydroxylation is 1. The van der Waals surface area contributed by atoms with Gasteiger partial charge in [-0.2, -0.15) is 5.10 Å². The average molecular weight is 583 g/mol. The van der Waals surface area contributed by atoms with E-state index in [9.17, 15) is 14.3 Å². The van der Waals surface area contributed by atoms with Gasteiger partial charge in [0.15, 0.2) is 5.65 Å². The molecule has 220 valence electrons. The fraction of sp³-hybridized carbons (Fsp3) is 0.517. The van der Waals surface area contributed by atoms with Gasteiger partial charge in [-0.1, -0.05) is 19.6 Å². The van der Waals surface area contributed by atoms with Gasteiger partial charge < -0.3 is 24.5 Å². The lowest BCUT2D eigenvalue weighted by molar-refractivity contribution is -0.00424. The van der Waals surface area contributed by atoms with Crippen LogP contribution in [0.25, 0.3) is 33.5 Å². The van der Waals surface area contributed by atoms with E-state index in [1.54, 1.807) is 34.8 Å². The Labute approximate surface area is 239 Å². The first-order valence-electron chi connectivity index (χ1n) is 14.1. The van der Waals surface area contributed by atoms with E-state index in [1.807, 2.05) is 6.92 Å². The van der Waals surface area contributed by atoms with Crippen LogP contribution in [0.15, 0.2) is 30.6 Å². The van der Waals surface area contributed by atoms with Crippen LogP contribution in [0.4, 0.5) is 4.39 Å². The maximum Gasteiger partial charge on any atom is 0.255 e. The molecule has 0 aliphatic carbocycles. The molecule has 0 spiro atoms. The first-order chi connectivity index (χ1) is 19.5. The highest BCUT2D eigenvalue weighted by Gasteiger charge is 2.29. The van der Waals surface area contributed by atoms with Crippen LogP contribution in [0, 0.1) is 11.7 Å². The summed E-state index contributed by atoms with van der Waals surface area (Å²) >= 11 is 0. The van der Waals surface area contributed by atoms with E-state index >= 15 is 0 Å². The number of nitrogens with zero attached hydrogens (tertiary/aromatic N) is 5. The monoisotopic (exact) mass is 582 g/mol. The second kappa shape index (κ2) is 12.0. The lowest BCUT2D eigenvalue weighted by Gasteiger charge is -2.30. The van der Waals surface area contributed by atoms with E-state index in [1.165, 1.54) is 12.1 Å². The predicted molar refractivity (Wildman–Crippen MR) is 158 cm³/mol. The van der Waals surface area contributed by atoms with E-state index in [-0.39, 0.29) is 24.4 Å². The Morgan fingerprint density at radius 3 is 2.78 bits per heavy atom. The number of benzene rings is 1. The van der Waals surface area contributed by atoms with Crippen LogP contribution in [-0.4, -0.2) is 75.4 Å². The lowest BCUT2D eigenvalue weighted by atomic mass is 9.90. The molecule has 1 aliphatic rings. The molecule has 2 unspecified atom stereocenters. The SMILES string of the molecule is CC(NC(=O)c1cn(COCC[Si](C)(C)C)c2ncc(-c3nn(C)c4cc(F)ccc34)nc12)C(O)C1CCOCC1. The van der Waals surface area contributed by atoms with Gasteiger partial charge >= 0.3 is 0 Å². The molecule has 1 aliphatic heterocycles. The van der Waals surface area contributed by atoms with Crippen molar-refractivity contribution in [3.05, 3.63) is 42.0 Å². The van der Waals surface area contributed by atoms with Crippen molar-refractivity contribution in [2.75, 3.05) is 19.8 Å². The number of aromatic nitrogens is 5. The number of fused-ring (bicyclic) bond motifs is 2. The third-order valence-corrected chi connectivity index (χ3v) is 9.42. The third-order valence-electron chi connectivity index (χ3n) is 7.71. The minimum Gasteiger partial charge on any atom is -0.391 e. The van der Waals surface area contributed by atoms with Crippen molar-refractivity contribution in [1.29, 1.82) is 0 Å². The maximum absolute atomic E-state index is 13.9. The highest BCUT2D eigenvalue weighted by Crippen LogP contribution is 2.29. The van der Waals surface area contributed by atoms with Gasteiger partial charge in [0, 0.05) is 46.5 Å². The van der Waals surface area contributed by atoms with E-state index in [0.717, 1.165) is 24.3 Å². The molecule has 0 saturated carbocycles. The van der Waals surface area contributed by atoms with Crippen molar-refractivity contribution in [3.63, 3.8) is 0 Å². The fourth-order valence-electron chi connectivity index (χ4n) is 5.23. The van der Waals surface area contributed by atoms with E-state index in [2.05, 4.69) is 35.0 Å². The molecule has 4 heterocycles. The molecule has 1 aromatic carbocycles. The number of rotatable bonds is 10. The van der Waals surface area contributed by atoms with Crippen LogP contribution >= 0.6 is 0 Å². The third kappa shape index (κ3) is 6.50. The van der Waals surface area contributed by atoms with Gasteiger partial charge in [-0.05, 0) is 49.9 Å². The Hall–Kier alpha value is -3.19. The Bertz CT molecular complexity index is 1540. The first kappa shape index (κ1) is 29.3. The van der Waals surface area contributed by atoms with Gasteiger partial charge in [0.1, 0.15) is 29.5 Å². The number of amides is 1. The van der Waals surface area contributed by atoms with Crippen molar-refractivity contribution in [3.8, 4) is 11.4 Å². The zero-order valence-corrected chi connectivity index (χ0v) is 25.4. The molecule has 5 rings (SSSR count). The van der Waals surface area contributed by atoms with Crippen molar-refractivity contribution in [1.82, 2.24) is 29.6 Å². The van der Waals surface area contributed by atoms with Crippen LogP contribution in [0.1, 0.15) is 30.1 Å².